The number of carbonyl (C=O) groups is 4. The molecule has 0 spiro atoms. The van der Waals surface area contributed by atoms with Crippen molar-refractivity contribution in [2.75, 3.05) is 12.0 Å². The molecule has 30 heavy (non-hydrogen) atoms. The van der Waals surface area contributed by atoms with Crippen LogP contribution in [0.15, 0.2) is 47.6 Å². The van der Waals surface area contributed by atoms with E-state index in [0.29, 0.717) is 5.02 Å². The Kier molecular flexibility index (Phi) is 6.34. The summed E-state index contributed by atoms with van der Waals surface area (Å²) in [4.78, 5) is 50.1. The molecular formula is C19H14Cl2N4O5. The highest BCUT2D eigenvalue weighted by molar-refractivity contribution is 6.37. The Hall–Kier alpha value is -3.43. The van der Waals surface area contributed by atoms with Crippen molar-refractivity contribution in [1.29, 1.82) is 0 Å². The summed E-state index contributed by atoms with van der Waals surface area (Å²) in [5.74, 6) is -3.59. The molecule has 3 rings (SSSR count). The van der Waals surface area contributed by atoms with Gasteiger partial charge in [-0.3, -0.25) is 19.7 Å². The zero-order valence-electron chi connectivity index (χ0n) is 15.4. The fourth-order valence-corrected chi connectivity index (χ4v) is 3.16. The van der Waals surface area contributed by atoms with Gasteiger partial charge in [-0.15, -0.1) is 0 Å². The average molecular weight is 449 g/mol. The molecular weight excluding hydrogens is 435 g/mol. The number of urea groups is 1. The van der Waals surface area contributed by atoms with Gasteiger partial charge in [0, 0.05) is 11.2 Å². The maximum atomic E-state index is 12.8. The van der Waals surface area contributed by atoms with Crippen LogP contribution in [0.5, 0.6) is 5.75 Å². The molecule has 2 aromatic carbocycles. The van der Waals surface area contributed by atoms with Crippen molar-refractivity contribution in [3.8, 4) is 5.75 Å². The highest BCUT2D eigenvalue weighted by Crippen LogP contribution is 2.30. The van der Waals surface area contributed by atoms with Crippen molar-refractivity contribution >= 4 is 58.9 Å². The minimum atomic E-state index is -1.45. The summed E-state index contributed by atoms with van der Waals surface area (Å²) in [6.45, 7) is 0. The van der Waals surface area contributed by atoms with Gasteiger partial charge in [-0.1, -0.05) is 35.3 Å². The minimum absolute atomic E-state index is 0.100. The number of rotatable bonds is 5. The molecule has 1 saturated heterocycles. The van der Waals surface area contributed by atoms with Crippen LogP contribution < -0.4 is 20.4 Å². The molecule has 0 aromatic heterocycles. The van der Waals surface area contributed by atoms with E-state index in [1.54, 1.807) is 18.2 Å². The fraction of sp³-hybridized carbons (Fsp3) is 0.105. The zero-order valence-corrected chi connectivity index (χ0v) is 16.9. The number of carbonyl (C=O) groups excluding carboxylic acids is 4. The monoisotopic (exact) mass is 448 g/mol. The van der Waals surface area contributed by atoms with Crippen LogP contribution in [0, 0.1) is 5.92 Å². The number of hydrogen-bond acceptors (Lipinski definition) is 6. The van der Waals surface area contributed by atoms with Gasteiger partial charge in [-0.25, -0.2) is 15.1 Å². The quantitative estimate of drug-likeness (QED) is 0.414. The number of benzene rings is 2. The topological polar surface area (TPSA) is 117 Å². The maximum absolute atomic E-state index is 12.8. The average Bonchev–Trinajstić information content (AvgIpc) is 2.70. The molecule has 0 unspecified atom stereocenters. The molecule has 11 heteroatoms. The van der Waals surface area contributed by atoms with E-state index in [1.807, 2.05) is 0 Å². The van der Waals surface area contributed by atoms with Gasteiger partial charge in [0.2, 0.25) is 5.91 Å². The summed E-state index contributed by atoms with van der Waals surface area (Å²) in [6.07, 6.45) is 0.925. The molecule has 1 fully saturated rings. The van der Waals surface area contributed by atoms with Gasteiger partial charge in [0.25, 0.3) is 11.8 Å². The Balaban J connectivity index is 1.79. The summed E-state index contributed by atoms with van der Waals surface area (Å²) in [6, 6.07) is 9.66. The molecule has 1 aliphatic rings. The van der Waals surface area contributed by atoms with Gasteiger partial charge >= 0.3 is 6.03 Å². The Morgan fingerprint density at radius 1 is 1.20 bits per heavy atom. The van der Waals surface area contributed by atoms with Gasteiger partial charge in [0.15, 0.2) is 5.92 Å². The third kappa shape index (κ3) is 4.27. The number of anilines is 1. The van der Waals surface area contributed by atoms with E-state index >= 15 is 0 Å². The van der Waals surface area contributed by atoms with Crippen LogP contribution in [-0.4, -0.2) is 37.1 Å². The van der Waals surface area contributed by atoms with E-state index in [9.17, 15) is 19.2 Å². The third-order valence-corrected chi connectivity index (χ3v) is 4.64. The first-order valence-corrected chi connectivity index (χ1v) is 9.19. The van der Waals surface area contributed by atoms with Crippen molar-refractivity contribution in [2.45, 2.75) is 0 Å². The van der Waals surface area contributed by atoms with Crippen molar-refractivity contribution in [3.63, 3.8) is 0 Å². The van der Waals surface area contributed by atoms with Crippen molar-refractivity contribution in [3.05, 3.63) is 58.1 Å². The highest BCUT2D eigenvalue weighted by Gasteiger charge is 2.41. The lowest BCUT2D eigenvalue weighted by atomic mass is 10.1. The number of hydrogen-bond donors (Lipinski definition) is 2. The molecule has 154 valence electrons. The Morgan fingerprint density at radius 2 is 1.93 bits per heavy atom. The number of halogens is 2. The van der Waals surface area contributed by atoms with Crippen LogP contribution in [0.1, 0.15) is 10.4 Å². The first-order chi connectivity index (χ1) is 14.3. The Labute approximate surface area is 180 Å². The molecule has 1 aliphatic heterocycles. The van der Waals surface area contributed by atoms with Crippen molar-refractivity contribution in [2.24, 2.45) is 11.0 Å². The molecule has 2 N–H and O–H groups in total. The van der Waals surface area contributed by atoms with Crippen LogP contribution >= 0.6 is 23.2 Å². The third-order valence-electron chi connectivity index (χ3n) is 4.09. The zero-order chi connectivity index (χ0) is 21.8. The number of hydrazone groups is 1. The van der Waals surface area contributed by atoms with Gasteiger partial charge in [-0.05, 0) is 30.3 Å². The smallest absolute Gasteiger partial charge is 0.335 e. The SMILES string of the molecule is COc1ccccc1N1C(=O)NC(=O)[C@@H](/C=N\NC(=O)c2ccc(Cl)cc2Cl)C1=O. The largest absolute Gasteiger partial charge is 0.495 e. The summed E-state index contributed by atoms with van der Waals surface area (Å²) < 4.78 is 5.17. The molecule has 9 nitrogen and oxygen atoms in total. The number of methoxy groups -OCH3 is 1. The minimum Gasteiger partial charge on any atom is -0.495 e. The number of nitrogens with one attached hydrogen (secondary N) is 2. The second-order valence-electron chi connectivity index (χ2n) is 5.96. The van der Waals surface area contributed by atoms with E-state index in [4.69, 9.17) is 27.9 Å². The number of amides is 5. The molecule has 0 aliphatic carbocycles. The van der Waals surface area contributed by atoms with Crippen LogP contribution in [0.25, 0.3) is 0 Å². The second kappa shape index (κ2) is 8.93. The predicted molar refractivity (Wildman–Crippen MR) is 110 cm³/mol. The summed E-state index contributed by atoms with van der Waals surface area (Å²) in [5, 5.41) is 6.20. The lowest BCUT2D eigenvalue weighted by Gasteiger charge is -2.29. The normalized spacial score (nSPS) is 16.6. The number of barbiturate groups is 1. The molecule has 1 heterocycles. The first-order valence-electron chi connectivity index (χ1n) is 8.44. The molecule has 0 saturated carbocycles. The summed E-state index contributed by atoms with van der Waals surface area (Å²) in [7, 11) is 1.38. The molecule has 1 atom stereocenters. The lowest BCUT2D eigenvalue weighted by molar-refractivity contribution is -0.131. The van der Waals surface area contributed by atoms with Crippen LogP contribution in [0.3, 0.4) is 0 Å². The van der Waals surface area contributed by atoms with Gasteiger partial charge < -0.3 is 4.74 Å². The van der Waals surface area contributed by atoms with E-state index in [-0.39, 0.29) is 22.0 Å². The summed E-state index contributed by atoms with van der Waals surface area (Å²) >= 11 is 11.7. The standard InChI is InChI=1S/C19H14Cl2N4O5/c1-30-15-5-3-2-4-14(15)25-18(28)12(16(26)23-19(25)29)9-22-24-17(27)11-7-6-10(20)8-13(11)21/h2-9,12H,1H3,(H,24,27)(H,23,26,29)/b22-9-/t12-/m1/s1. The van der Waals surface area contributed by atoms with Crippen LogP contribution in [-0.2, 0) is 9.59 Å². The van der Waals surface area contributed by atoms with E-state index in [1.165, 1.54) is 31.4 Å². The van der Waals surface area contributed by atoms with Gasteiger partial charge in [0.1, 0.15) is 5.75 Å². The number of ether oxygens (including phenoxy) is 1. The van der Waals surface area contributed by atoms with E-state index < -0.39 is 29.7 Å². The van der Waals surface area contributed by atoms with Gasteiger partial charge in [0.05, 0.1) is 23.4 Å². The van der Waals surface area contributed by atoms with E-state index in [2.05, 4.69) is 15.8 Å². The Bertz CT molecular complexity index is 1070. The van der Waals surface area contributed by atoms with Crippen molar-refractivity contribution < 1.29 is 23.9 Å². The van der Waals surface area contributed by atoms with Crippen LogP contribution in [0.2, 0.25) is 10.0 Å². The molecule has 5 amide bonds. The second-order valence-corrected chi connectivity index (χ2v) is 6.80. The number of nitrogens with zero attached hydrogens (tertiary/aromatic N) is 2. The van der Waals surface area contributed by atoms with E-state index in [0.717, 1.165) is 11.1 Å². The van der Waals surface area contributed by atoms with Crippen LogP contribution in [0.4, 0.5) is 10.5 Å². The van der Waals surface area contributed by atoms with Crippen molar-refractivity contribution in [1.82, 2.24) is 10.7 Å². The lowest BCUT2D eigenvalue weighted by Crippen LogP contribution is -2.58. The number of para-hydroxylation sites is 2. The number of imide groups is 2. The summed E-state index contributed by atoms with van der Waals surface area (Å²) in [5.41, 5.74) is 2.44. The molecule has 2 aromatic rings. The molecule has 0 radical (unpaired) electrons. The predicted octanol–water partition coefficient (Wildman–Crippen LogP) is 2.62. The Morgan fingerprint density at radius 3 is 2.63 bits per heavy atom. The first kappa shape index (κ1) is 21.3. The fourth-order valence-electron chi connectivity index (χ4n) is 2.67. The highest BCUT2D eigenvalue weighted by atomic mass is 35.5. The molecule has 0 bridgehead atoms. The van der Waals surface area contributed by atoms with Gasteiger partial charge in [-0.2, -0.15) is 5.10 Å². The maximum Gasteiger partial charge on any atom is 0.335 e.